The number of amides is 1. The van der Waals surface area contributed by atoms with Gasteiger partial charge in [-0.3, -0.25) is 4.79 Å². The molecule has 1 amide bonds. The Morgan fingerprint density at radius 1 is 1.23 bits per heavy atom. The van der Waals surface area contributed by atoms with Crippen LogP contribution in [0.3, 0.4) is 0 Å². The molecular weight excluding hydrogens is 326 g/mol. The third-order valence-electron chi connectivity index (χ3n) is 6.11. The zero-order valence-corrected chi connectivity index (χ0v) is 16.3. The molecule has 3 rings (SSSR count). The molecular formula is C22H31NO3. The van der Waals surface area contributed by atoms with Gasteiger partial charge in [-0.05, 0) is 61.6 Å². The normalized spacial score (nSPS) is 23.7. The van der Waals surface area contributed by atoms with E-state index < -0.39 is 0 Å². The lowest BCUT2D eigenvalue weighted by Gasteiger charge is -2.39. The topological polar surface area (TPSA) is 60.8 Å². The number of nitrogens with zero attached hydrogens (tertiary/aromatic N) is 1. The van der Waals surface area contributed by atoms with Crippen LogP contribution in [0.25, 0.3) is 0 Å². The lowest BCUT2D eigenvalue weighted by molar-refractivity contribution is -0.134. The van der Waals surface area contributed by atoms with E-state index in [2.05, 4.69) is 26.8 Å². The van der Waals surface area contributed by atoms with E-state index in [9.17, 15) is 15.0 Å². The molecule has 26 heavy (non-hydrogen) atoms. The number of carbonyl (C=O) groups excluding carboxylic acids is 1. The molecule has 0 bridgehead atoms. The first-order valence-electron chi connectivity index (χ1n) is 9.73. The van der Waals surface area contributed by atoms with Crippen molar-refractivity contribution in [2.75, 3.05) is 13.1 Å². The van der Waals surface area contributed by atoms with Gasteiger partial charge >= 0.3 is 0 Å². The fourth-order valence-corrected chi connectivity index (χ4v) is 4.56. The van der Waals surface area contributed by atoms with Gasteiger partial charge in [0.15, 0.2) is 0 Å². The summed E-state index contributed by atoms with van der Waals surface area (Å²) in [5.41, 5.74) is 2.94. The van der Waals surface area contributed by atoms with E-state index in [0.717, 1.165) is 37.9 Å². The maximum absolute atomic E-state index is 11.3. The zero-order valence-electron chi connectivity index (χ0n) is 16.3. The van der Waals surface area contributed by atoms with Crippen LogP contribution in [-0.4, -0.2) is 34.1 Å². The van der Waals surface area contributed by atoms with Gasteiger partial charge < -0.3 is 15.1 Å². The molecule has 1 heterocycles. The highest BCUT2D eigenvalue weighted by molar-refractivity contribution is 5.74. The molecule has 1 saturated heterocycles. The maximum Gasteiger partial charge on any atom is 0.219 e. The quantitative estimate of drug-likeness (QED) is 0.793. The Labute approximate surface area is 156 Å². The Kier molecular flexibility index (Phi) is 5.31. The molecule has 1 aromatic carbocycles. The number of hydrogen-bond donors (Lipinski definition) is 2. The van der Waals surface area contributed by atoms with Crippen molar-refractivity contribution in [2.24, 2.45) is 17.8 Å². The maximum atomic E-state index is 11.3. The second-order valence-electron chi connectivity index (χ2n) is 8.53. The second-order valence-corrected chi connectivity index (χ2v) is 8.53. The fourth-order valence-electron chi connectivity index (χ4n) is 4.56. The molecule has 2 atom stereocenters. The fraction of sp³-hybridized carbons (Fsp3) is 0.591. The summed E-state index contributed by atoms with van der Waals surface area (Å²) in [7, 11) is 0. The lowest BCUT2D eigenvalue weighted by Crippen LogP contribution is -2.49. The van der Waals surface area contributed by atoms with E-state index in [1.807, 2.05) is 4.90 Å². The first-order chi connectivity index (χ1) is 12.3. The van der Waals surface area contributed by atoms with Gasteiger partial charge in [-0.15, -0.1) is 0 Å². The van der Waals surface area contributed by atoms with Crippen molar-refractivity contribution in [3.05, 3.63) is 34.9 Å². The molecule has 4 heteroatoms. The highest BCUT2D eigenvalue weighted by atomic mass is 16.3. The zero-order chi connectivity index (χ0) is 19.0. The predicted molar refractivity (Wildman–Crippen MR) is 103 cm³/mol. The summed E-state index contributed by atoms with van der Waals surface area (Å²) < 4.78 is 0. The summed E-state index contributed by atoms with van der Waals surface area (Å²) in [5, 5.41) is 21.4. The third kappa shape index (κ3) is 3.74. The van der Waals surface area contributed by atoms with Gasteiger partial charge in [-0.1, -0.05) is 25.5 Å². The van der Waals surface area contributed by atoms with E-state index in [1.165, 1.54) is 5.57 Å². The smallest absolute Gasteiger partial charge is 0.219 e. The van der Waals surface area contributed by atoms with E-state index in [4.69, 9.17) is 0 Å². The summed E-state index contributed by atoms with van der Waals surface area (Å²) in [4.78, 5) is 13.1. The van der Waals surface area contributed by atoms with Crippen LogP contribution in [0.2, 0.25) is 0 Å². The number of phenols is 2. The standard InChI is InChI=1S/C22H31NO3/c1-13(2)18-6-5-14(3)7-19(18)22-20(25)9-16(10-21(22)26)8-17-11-23(12-17)15(4)24/h7,9-10,13,17-19,25-26H,5-6,8,11-12H2,1-4H3/t18?,19-/m1/s1. The summed E-state index contributed by atoms with van der Waals surface area (Å²) in [6, 6.07) is 3.61. The lowest BCUT2D eigenvalue weighted by atomic mass is 9.71. The Morgan fingerprint density at radius 3 is 2.38 bits per heavy atom. The molecule has 2 aliphatic rings. The Balaban J connectivity index is 1.81. The highest BCUT2D eigenvalue weighted by Crippen LogP contribution is 2.47. The molecule has 0 spiro atoms. The number of allylic oxidation sites excluding steroid dienone is 2. The van der Waals surface area contributed by atoms with Crippen molar-refractivity contribution < 1.29 is 15.0 Å². The summed E-state index contributed by atoms with van der Waals surface area (Å²) >= 11 is 0. The van der Waals surface area contributed by atoms with Gasteiger partial charge in [-0.2, -0.15) is 0 Å². The van der Waals surface area contributed by atoms with E-state index >= 15 is 0 Å². The van der Waals surface area contributed by atoms with Gasteiger partial charge in [0.25, 0.3) is 0 Å². The number of carbonyl (C=O) groups is 1. The van der Waals surface area contributed by atoms with Gasteiger partial charge in [0.05, 0.1) is 0 Å². The minimum atomic E-state index is 0.0645. The molecule has 1 fully saturated rings. The third-order valence-corrected chi connectivity index (χ3v) is 6.11. The Morgan fingerprint density at radius 2 is 1.85 bits per heavy atom. The molecule has 1 unspecified atom stereocenters. The number of hydrogen-bond acceptors (Lipinski definition) is 3. The molecule has 0 aromatic heterocycles. The number of likely N-dealkylation sites (tertiary alicyclic amines) is 1. The largest absolute Gasteiger partial charge is 0.507 e. The number of benzene rings is 1. The first-order valence-corrected chi connectivity index (χ1v) is 9.73. The molecule has 0 radical (unpaired) electrons. The van der Waals surface area contributed by atoms with E-state index in [1.54, 1.807) is 19.1 Å². The number of aromatic hydroxyl groups is 2. The molecule has 142 valence electrons. The van der Waals surface area contributed by atoms with Crippen LogP contribution in [0.1, 0.15) is 57.6 Å². The molecule has 4 nitrogen and oxygen atoms in total. The van der Waals surface area contributed by atoms with E-state index in [0.29, 0.717) is 23.3 Å². The highest BCUT2D eigenvalue weighted by Gasteiger charge is 2.32. The molecule has 2 N–H and O–H groups in total. The van der Waals surface area contributed by atoms with Gasteiger partial charge in [0, 0.05) is 31.5 Å². The Bertz CT molecular complexity index is 693. The van der Waals surface area contributed by atoms with Gasteiger partial charge in [-0.25, -0.2) is 0 Å². The number of phenolic OH excluding ortho intramolecular Hbond substituents is 2. The molecule has 1 aliphatic carbocycles. The summed E-state index contributed by atoms with van der Waals surface area (Å²) in [6.07, 6.45) is 5.18. The second kappa shape index (κ2) is 7.34. The molecule has 1 aromatic rings. The van der Waals surface area contributed by atoms with Gasteiger partial charge in [0.1, 0.15) is 11.5 Å². The molecule has 0 saturated carbocycles. The summed E-state index contributed by atoms with van der Waals surface area (Å²) in [6.45, 7) is 9.67. The van der Waals surface area contributed by atoms with Crippen LogP contribution in [-0.2, 0) is 11.2 Å². The monoisotopic (exact) mass is 357 g/mol. The summed E-state index contributed by atoms with van der Waals surface area (Å²) in [5.74, 6) is 1.90. The van der Waals surface area contributed by atoms with Crippen LogP contribution in [0.4, 0.5) is 0 Å². The van der Waals surface area contributed by atoms with Crippen LogP contribution in [0.5, 0.6) is 11.5 Å². The van der Waals surface area contributed by atoms with Crippen molar-refractivity contribution in [3.63, 3.8) is 0 Å². The number of rotatable bonds is 4. The molecule has 1 aliphatic heterocycles. The van der Waals surface area contributed by atoms with Crippen molar-refractivity contribution in [1.29, 1.82) is 0 Å². The van der Waals surface area contributed by atoms with Crippen LogP contribution in [0.15, 0.2) is 23.8 Å². The minimum absolute atomic E-state index is 0.0645. The minimum Gasteiger partial charge on any atom is -0.507 e. The average Bonchev–Trinajstić information content (AvgIpc) is 2.49. The van der Waals surface area contributed by atoms with Crippen molar-refractivity contribution in [1.82, 2.24) is 4.90 Å². The van der Waals surface area contributed by atoms with Crippen LogP contribution >= 0.6 is 0 Å². The van der Waals surface area contributed by atoms with Crippen molar-refractivity contribution >= 4 is 5.91 Å². The average molecular weight is 357 g/mol. The predicted octanol–water partition coefficient (Wildman–Crippen LogP) is 4.21. The van der Waals surface area contributed by atoms with E-state index in [-0.39, 0.29) is 23.3 Å². The van der Waals surface area contributed by atoms with Crippen LogP contribution < -0.4 is 0 Å². The van der Waals surface area contributed by atoms with Crippen molar-refractivity contribution in [3.8, 4) is 11.5 Å². The first kappa shape index (κ1) is 18.8. The Hall–Kier alpha value is -1.97. The van der Waals surface area contributed by atoms with Crippen LogP contribution in [0, 0.1) is 17.8 Å². The van der Waals surface area contributed by atoms with Gasteiger partial charge in [0.2, 0.25) is 5.91 Å². The SMILES string of the molecule is CC(=O)N1CC(Cc2cc(O)c([C@@H]3C=C(C)CCC3C(C)C)c(O)c2)C1. The van der Waals surface area contributed by atoms with Crippen molar-refractivity contribution in [2.45, 2.75) is 52.9 Å².